The molecule has 0 radical (unpaired) electrons. The Morgan fingerprint density at radius 2 is 1.15 bits per heavy atom. The van der Waals surface area contributed by atoms with Crippen LogP contribution in [-0.4, -0.2) is 44.4 Å². The molecule has 0 aromatic carbocycles. The lowest BCUT2D eigenvalue weighted by atomic mass is 10.1. The summed E-state index contributed by atoms with van der Waals surface area (Å²) in [4.78, 5) is 12.1. The van der Waals surface area contributed by atoms with Crippen LogP contribution in [0.4, 0.5) is 0 Å². The third-order valence-electron chi connectivity index (χ3n) is 5.72. The fourth-order valence-corrected chi connectivity index (χ4v) is 5.49. The Hall–Kier alpha value is -0.216. The minimum atomic E-state index is -2.38. The molecule has 5 nitrogen and oxygen atoms in total. The lowest BCUT2D eigenvalue weighted by molar-refractivity contribution is -0.135. The normalized spacial score (nSPS) is 13.0. The molecular formula is C20H44O5Si2. The van der Waals surface area contributed by atoms with E-state index in [1.54, 1.807) is 21.3 Å². The summed E-state index contributed by atoms with van der Waals surface area (Å²) in [6, 6.07) is 0.882. The Morgan fingerprint density at radius 1 is 0.741 bits per heavy atom. The molecule has 27 heavy (non-hydrogen) atoms. The van der Waals surface area contributed by atoms with Gasteiger partial charge in [-0.1, -0.05) is 59.3 Å². The van der Waals surface area contributed by atoms with E-state index < -0.39 is 17.1 Å². The van der Waals surface area contributed by atoms with E-state index in [0.717, 1.165) is 25.3 Å². The fraction of sp³-hybridized carbons (Fsp3) is 0.950. The minimum Gasteiger partial charge on any atom is -0.519 e. The molecule has 0 heterocycles. The Balaban J connectivity index is 3.67. The Kier molecular flexibility index (Phi) is 13.0. The Morgan fingerprint density at radius 3 is 1.56 bits per heavy atom. The highest BCUT2D eigenvalue weighted by molar-refractivity contribution is 6.75. The molecule has 7 heteroatoms. The zero-order chi connectivity index (χ0) is 21.0. The van der Waals surface area contributed by atoms with E-state index in [0.29, 0.717) is 6.42 Å². The van der Waals surface area contributed by atoms with Crippen molar-refractivity contribution in [3.8, 4) is 0 Å². The second-order valence-electron chi connectivity index (χ2n) is 8.86. The van der Waals surface area contributed by atoms with Crippen LogP contribution in [0.2, 0.25) is 24.2 Å². The van der Waals surface area contributed by atoms with Crippen molar-refractivity contribution in [3.05, 3.63) is 0 Å². The number of hydrogen-bond acceptors (Lipinski definition) is 5. The standard InChI is InChI=1S/C20H44O5Si2/c1-20(2,3)26(7,8)25-19(21)17-15-13-11-9-10-12-14-16-18-27(22-4,23-5)24-6/h9-18H2,1-8H3. The fourth-order valence-electron chi connectivity index (χ4n) is 2.72. The SMILES string of the molecule is CO[Si](CCCCCCCCCCC(=O)O[Si](C)(C)C(C)(C)C)(OC)OC. The largest absolute Gasteiger partial charge is 0.519 e. The van der Waals surface area contributed by atoms with Crippen LogP contribution >= 0.6 is 0 Å². The van der Waals surface area contributed by atoms with Gasteiger partial charge in [0.2, 0.25) is 0 Å². The van der Waals surface area contributed by atoms with Gasteiger partial charge in [0, 0.05) is 33.8 Å². The van der Waals surface area contributed by atoms with Gasteiger partial charge in [-0.25, -0.2) is 0 Å². The molecule has 0 aromatic rings. The molecule has 0 aliphatic rings. The van der Waals surface area contributed by atoms with Gasteiger partial charge in [0.1, 0.15) is 0 Å². The van der Waals surface area contributed by atoms with Crippen molar-refractivity contribution in [2.24, 2.45) is 0 Å². The molecular weight excluding hydrogens is 376 g/mol. The van der Waals surface area contributed by atoms with Gasteiger partial charge >= 0.3 is 8.80 Å². The molecule has 0 N–H and O–H groups in total. The molecule has 0 amide bonds. The molecule has 0 rings (SSSR count). The highest BCUT2D eigenvalue weighted by Crippen LogP contribution is 2.36. The summed E-state index contributed by atoms with van der Waals surface area (Å²) < 4.78 is 22.1. The molecule has 162 valence electrons. The summed E-state index contributed by atoms with van der Waals surface area (Å²) in [5.74, 6) is -0.0105. The van der Waals surface area contributed by atoms with Gasteiger partial charge in [-0.2, -0.15) is 0 Å². The van der Waals surface area contributed by atoms with Crippen molar-refractivity contribution in [3.63, 3.8) is 0 Å². The van der Waals surface area contributed by atoms with Gasteiger partial charge in [-0.05, 0) is 31.0 Å². The highest BCUT2D eigenvalue weighted by atomic mass is 28.4. The van der Waals surface area contributed by atoms with Crippen LogP contribution in [0.5, 0.6) is 0 Å². The maximum absolute atomic E-state index is 12.1. The van der Waals surface area contributed by atoms with E-state index in [4.69, 9.17) is 17.7 Å². The molecule has 0 atom stereocenters. The number of carbonyl (C=O) groups excluding carboxylic acids is 1. The summed E-state index contributed by atoms with van der Waals surface area (Å²) in [6.45, 7) is 10.7. The lowest BCUT2D eigenvalue weighted by Gasteiger charge is -2.35. The van der Waals surface area contributed by atoms with Crippen molar-refractivity contribution >= 4 is 23.1 Å². The maximum atomic E-state index is 12.1. The average Bonchev–Trinajstić information content (AvgIpc) is 2.59. The van der Waals surface area contributed by atoms with E-state index in [-0.39, 0.29) is 11.0 Å². The molecule has 0 spiro atoms. The summed E-state index contributed by atoms with van der Waals surface area (Å²) >= 11 is 0. The van der Waals surface area contributed by atoms with Crippen molar-refractivity contribution in [2.45, 2.75) is 103 Å². The highest BCUT2D eigenvalue weighted by Gasteiger charge is 2.40. The van der Waals surface area contributed by atoms with Crippen LogP contribution in [0.3, 0.4) is 0 Å². The zero-order valence-electron chi connectivity index (χ0n) is 19.1. The van der Waals surface area contributed by atoms with Crippen molar-refractivity contribution in [1.82, 2.24) is 0 Å². The first-order chi connectivity index (χ1) is 12.5. The van der Waals surface area contributed by atoms with E-state index in [1.165, 1.54) is 32.1 Å². The smallest absolute Gasteiger partial charge is 0.500 e. The molecule has 0 bridgehead atoms. The van der Waals surface area contributed by atoms with E-state index in [9.17, 15) is 4.79 Å². The zero-order valence-corrected chi connectivity index (χ0v) is 21.1. The van der Waals surface area contributed by atoms with E-state index in [2.05, 4.69) is 33.9 Å². The number of rotatable bonds is 15. The molecule has 0 aliphatic carbocycles. The van der Waals surface area contributed by atoms with Gasteiger partial charge in [0.15, 0.2) is 0 Å². The number of hydrogen-bond donors (Lipinski definition) is 0. The van der Waals surface area contributed by atoms with Crippen LogP contribution in [0.15, 0.2) is 0 Å². The summed E-state index contributed by atoms with van der Waals surface area (Å²) in [5.41, 5.74) is 0. The predicted octanol–water partition coefficient (Wildman–Crippen LogP) is 5.92. The van der Waals surface area contributed by atoms with Gasteiger partial charge in [-0.3, -0.25) is 4.79 Å². The number of unbranched alkanes of at least 4 members (excludes halogenated alkanes) is 7. The van der Waals surface area contributed by atoms with Crippen LogP contribution in [0.25, 0.3) is 0 Å². The van der Waals surface area contributed by atoms with Crippen molar-refractivity contribution in [2.75, 3.05) is 21.3 Å². The van der Waals surface area contributed by atoms with Crippen LogP contribution in [0.1, 0.15) is 78.6 Å². The molecule has 0 saturated heterocycles. The van der Waals surface area contributed by atoms with Crippen molar-refractivity contribution < 1.29 is 22.5 Å². The minimum absolute atomic E-state index is 0.0105. The van der Waals surface area contributed by atoms with Crippen LogP contribution < -0.4 is 0 Å². The molecule has 0 aliphatic heterocycles. The Labute approximate surface area is 170 Å². The van der Waals surface area contributed by atoms with E-state index in [1.807, 2.05) is 0 Å². The van der Waals surface area contributed by atoms with Crippen LogP contribution in [0, 0.1) is 0 Å². The second kappa shape index (κ2) is 13.1. The summed E-state index contributed by atoms with van der Waals surface area (Å²) in [7, 11) is 0.662. The predicted molar refractivity (Wildman–Crippen MR) is 116 cm³/mol. The second-order valence-corrected chi connectivity index (χ2v) is 16.7. The quantitative estimate of drug-likeness (QED) is 0.243. The summed E-state index contributed by atoms with van der Waals surface area (Å²) in [5, 5.41) is 0.0839. The topological polar surface area (TPSA) is 54.0 Å². The lowest BCUT2D eigenvalue weighted by Crippen LogP contribution is -2.42. The average molecular weight is 421 g/mol. The maximum Gasteiger partial charge on any atom is 0.500 e. The molecule has 0 unspecified atom stereocenters. The van der Waals surface area contributed by atoms with Crippen molar-refractivity contribution in [1.29, 1.82) is 0 Å². The third-order valence-corrected chi connectivity index (χ3v) is 12.9. The first-order valence-corrected chi connectivity index (χ1v) is 15.2. The van der Waals surface area contributed by atoms with E-state index >= 15 is 0 Å². The van der Waals surface area contributed by atoms with Gasteiger partial charge in [0.25, 0.3) is 14.3 Å². The Bertz CT molecular complexity index is 395. The van der Waals surface area contributed by atoms with Gasteiger partial charge in [-0.15, -0.1) is 0 Å². The molecule has 0 saturated carbocycles. The summed E-state index contributed by atoms with van der Waals surface area (Å²) in [6.07, 6.45) is 9.79. The van der Waals surface area contributed by atoms with Gasteiger partial charge < -0.3 is 17.7 Å². The molecule has 0 aromatic heterocycles. The first-order valence-electron chi connectivity index (χ1n) is 10.4. The van der Waals surface area contributed by atoms with Gasteiger partial charge in [0.05, 0.1) is 0 Å². The monoisotopic (exact) mass is 420 g/mol. The number of carbonyl (C=O) groups is 1. The van der Waals surface area contributed by atoms with Crippen LogP contribution in [-0.2, 0) is 22.5 Å². The molecule has 0 fully saturated rings. The third kappa shape index (κ3) is 10.8. The first kappa shape index (κ1) is 26.8.